The average Bonchev–Trinajstić information content (AvgIpc) is 2.96. The van der Waals surface area contributed by atoms with Gasteiger partial charge in [-0.15, -0.1) is 0 Å². The van der Waals surface area contributed by atoms with Crippen LogP contribution in [0.25, 0.3) is 0 Å². The Morgan fingerprint density at radius 2 is 0.861 bits per heavy atom. The molecule has 36 heavy (non-hydrogen) atoms. The van der Waals surface area contributed by atoms with Crippen molar-refractivity contribution in [3.63, 3.8) is 0 Å². The monoisotopic (exact) mass is 552 g/mol. The van der Waals surface area contributed by atoms with Crippen LogP contribution in [0.3, 0.4) is 0 Å². The standard InChI is InChI=1S/C33H30BrOP/c34-36(31-17-7-2-8-18-31,32-19-9-3-10-20-32,33-21-11-4-12-22-33)27-13-14-28-23-25-30(26-24-28)35-29-15-5-1-6-16-29/h1-12,15-26H,13-14,27H2. The van der Waals surface area contributed by atoms with E-state index in [0.717, 1.165) is 30.5 Å². The van der Waals surface area contributed by atoms with E-state index >= 15 is 0 Å². The van der Waals surface area contributed by atoms with E-state index < -0.39 is 5.31 Å². The Bertz CT molecular complexity index is 1270. The quantitative estimate of drug-likeness (QED) is 0.167. The van der Waals surface area contributed by atoms with Gasteiger partial charge in [0, 0.05) is 0 Å². The van der Waals surface area contributed by atoms with Crippen LogP contribution in [0, 0.1) is 0 Å². The number of hydrogen-bond acceptors (Lipinski definition) is 1. The van der Waals surface area contributed by atoms with Gasteiger partial charge in [-0.25, -0.2) is 0 Å². The third-order valence-corrected chi connectivity index (χ3v) is 16.9. The summed E-state index contributed by atoms with van der Waals surface area (Å²) in [6.45, 7) is 0. The molecular weight excluding hydrogens is 523 g/mol. The van der Waals surface area contributed by atoms with Crippen molar-refractivity contribution in [1.82, 2.24) is 0 Å². The number of rotatable bonds is 9. The van der Waals surface area contributed by atoms with Crippen molar-refractivity contribution in [1.29, 1.82) is 0 Å². The maximum absolute atomic E-state index is 5.98. The molecule has 0 aliphatic heterocycles. The van der Waals surface area contributed by atoms with E-state index in [1.165, 1.54) is 21.5 Å². The molecule has 5 aromatic carbocycles. The second-order valence-electron chi connectivity index (χ2n) is 9.08. The summed E-state index contributed by atoms with van der Waals surface area (Å²) < 4.78 is 5.98. The number of para-hydroxylation sites is 1. The van der Waals surface area contributed by atoms with Crippen LogP contribution in [-0.2, 0) is 6.42 Å². The molecule has 0 amide bonds. The predicted octanol–water partition coefficient (Wildman–Crippen LogP) is 8.25. The molecule has 0 saturated carbocycles. The number of halogens is 1. The summed E-state index contributed by atoms with van der Waals surface area (Å²) in [6, 6.07) is 51.5. The van der Waals surface area contributed by atoms with Crippen LogP contribution in [0.5, 0.6) is 11.5 Å². The van der Waals surface area contributed by atoms with Crippen molar-refractivity contribution >= 4 is 36.7 Å². The molecule has 0 aliphatic carbocycles. The van der Waals surface area contributed by atoms with Gasteiger partial charge >= 0.3 is 223 Å². The van der Waals surface area contributed by atoms with Gasteiger partial charge in [0.1, 0.15) is 0 Å². The van der Waals surface area contributed by atoms with E-state index in [1.807, 2.05) is 30.3 Å². The van der Waals surface area contributed by atoms with Gasteiger partial charge in [0.25, 0.3) is 0 Å². The summed E-state index contributed by atoms with van der Waals surface area (Å²) >= 11 is 4.55. The fourth-order valence-electron chi connectivity index (χ4n) is 4.98. The zero-order valence-corrected chi connectivity index (χ0v) is 22.7. The minimum absolute atomic E-state index is 0.857. The Balaban J connectivity index is 1.45. The maximum atomic E-state index is 5.98. The first kappa shape index (κ1) is 24.5. The van der Waals surface area contributed by atoms with Crippen LogP contribution in [0.1, 0.15) is 12.0 Å². The molecule has 5 rings (SSSR count). The van der Waals surface area contributed by atoms with Gasteiger partial charge in [-0.05, 0) is 0 Å². The number of aryl methyl sites for hydroxylation is 1. The molecule has 0 atom stereocenters. The molecule has 3 heteroatoms. The summed E-state index contributed by atoms with van der Waals surface area (Å²) in [5.74, 6) is 1.72. The van der Waals surface area contributed by atoms with E-state index in [1.54, 1.807) is 0 Å². The molecule has 0 radical (unpaired) electrons. The second-order valence-corrected chi connectivity index (χ2v) is 18.1. The van der Waals surface area contributed by atoms with Crippen LogP contribution in [0.4, 0.5) is 0 Å². The first-order chi connectivity index (χ1) is 17.7. The van der Waals surface area contributed by atoms with Crippen LogP contribution in [0.15, 0.2) is 146 Å². The Hall–Kier alpha value is -3.19. The fourth-order valence-corrected chi connectivity index (χ4v) is 12.7. The summed E-state index contributed by atoms with van der Waals surface area (Å²) in [4.78, 5) is 0. The van der Waals surface area contributed by atoms with Gasteiger partial charge in [-0.3, -0.25) is 0 Å². The number of ether oxygens (including phenoxy) is 1. The Morgan fingerprint density at radius 3 is 1.31 bits per heavy atom. The third kappa shape index (κ3) is 4.89. The molecule has 0 N–H and O–H groups in total. The Kier molecular flexibility index (Phi) is 7.37. The molecule has 0 spiro atoms. The molecule has 0 aliphatic rings. The molecule has 0 aromatic heterocycles. The number of hydrogen-bond donors (Lipinski definition) is 0. The normalized spacial score (nSPS) is 12.4. The first-order valence-electron chi connectivity index (χ1n) is 12.4. The Morgan fingerprint density at radius 1 is 0.472 bits per heavy atom. The van der Waals surface area contributed by atoms with Crippen molar-refractivity contribution in [2.75, 3.05) is 6.16 Å². The molecule has 5 aromatic rings. The van der Waals surface area contributed by atoms with Crippen LogP contribution >= 0.6 is 20.8 Å². The molecule has 1 nitrogen and oxygen atoms in total. The van der Waals surface area contributed by atoms with E-state index in [9.17, 15) is 0 Å². The van der Waals surface area contributed by atoms with E-state index in [-0.39, 0.29) is 0 Å². The van der Waals surface area contributed by atoms with Crippen LogP contribution in [0.2, 0.25) is 0 Å². The first-order valence-corrected chi connectivity index (χ1v) is 16.8. The fraction of sp³-hybridized carbons (Fsp3) is 0.0909. The molecule has 0 saturated heterocycles. The zero-order valence-electron chi connectivity index (χ0n) is 20.2. The van der Waals surface area contributed by atoms with Gasteiger partial charge in [-0.1, -0.05) is 0 Å². The van der Waals surface area contributed by atoms with Gasteiger partial charge in [0.15, 0.2) is 0 Å². The van der Waals surface area contributed by atoms with E-state index in [4.69, 9.17) is 4.74 Å². The van der Waals surface area contributed by atoms with Crippen molar-refractivity contribution in [2.24, 2.45) is 0 Å². The molecule has 0 bridgehead atoms. The summed E-state index contributed by atoms with van der Waals surface area (Å²) in [5, 5.41) is 1.24. The predicted molar refractivity (Wildman–Crippen MR) is 160 cm³/mol. The summed E-state index contributed by atoms with van der Waals surface area (Å²) in [5.41, 5.74) is 1.32. The molecule has 0 unspecified atom stereocenters. The molecule has 0 fully saturated rings. The van der Waals surface area contributed by atoms with E-state index in [0.29, 0.717) is 0 Å². The third-order valence-electron chi connectivity index (χ3n) is 6.83. The molecular formula is C33H30BrOP. The molecule has 0 heterocycles. The van der Waals surface area contributed by atoms with Crippen molar-refractivity contribution in [3.8, 4) is 11.5 Å². The summed E-state index contributed by atoms with van der Waals surface area (Å²) in [6.07, 6.45) is 3.09. The SMILES string of the molecule is BrP(CCCc1ccc(Oc2ccccc2)cc1)(c1ccccc1)(c1ccccc1)c1ccccc1. The Labute approximate surface area is 222 Å². The summed E-state index contributed by atoms with van der Waals surface area (Å²) in [7, 11) is 0. The van der Waals surface area contributed by atoms with Gasteiger partial charge in [0.2, 0.25) is 0 Å². The topological polar surface area (TPSA) is 9.23 Å². The van der Waals surface area contributed by atoms with E-state index in [2.05, 4.69) is 131 Å². The van der Waals surface area contributed by atoms with Crippen LogP contribution in [-0.4, -0.2) is 6.16 Å². The zero-order chi connectivity index (χ0) is 24.7. The minimum atomic E-state index is -2.87. The molecule has 180 valence electrons. The van der Waals surface area contributed by atoms with Crippen LogP contribution < -0.4 is 20.7 Å². The van der Waals surface area contributed by atoms with Crippen molar-refractivity contribution in [2.45, 2.75) is 12.8 Å². The van der Waals surface area contributed by atoms with Crippen molar-refractivity contribution < 1.29 is 4.74 Å². The van der Waals surface area contributed by atoms with Gasteiger partial charge in [0.05, 0.1) is 0 Å². The van der Waals surface area contributed by atoms with Crippen molar-refractivity contribution in [3.05, 3.63) is 151 Å². The average molecular weight is 553 g/mol. The van der Waals surface area contributed by atoms with Gasteiger partial charge in [-0.2, -0.15) is 0 Å². The second kappa shape index (κ2) is 10.8. The number of benzene rings is 5. The van der Waals surface area contributed by atoms with Gasteiger partial charge < -0.3 is 0 Å².